The van der Waals surface area contributed by atoms with E-state index in [1.54, 1.807) is 30.0 Å². The molecule has 0 saturated heterocycles. The molecule has 0 spiro atoms. The highest BCUT2D eigenvalue weighted by Gasteiger charge is 2.29. The van der Waals surface area contributed by atoms with Crippen LogP contribution in [0.2, 0.25) is 0 Å². The minimum atomic E-state index is -4.36. The summed E-state index contributed by atoms with van der Waals surface area (Å²) in [6, 6.07) is 6.66. The molecule has 11 heteroatoms. The summed E-state index contributed by atoms with van der Waals surface area (Å²) >= 11 is 2.51. The van der Waals surface area contributed by atoms with Gasteiger partial charge in [0.1, 0.15) is 5.69 Å². The molecule has 3 heterocycles. The highest BCUT2D eigenvalue weighted by atomic mass is 32.1. The number of alkyl halides is 3. The molecule has 0 bridgehead atoms. The number of thiazole rings is 2. The van der Waals surface area contributed by atoms with Gasteiger partial charge in [-0.1, -0.05) is 12.1 Å². The van der Waals surface area contributed by atoms with Crippen LogP contribution in [0.15, 0.2) is 54.3 Å². The van der Waals surface area contributed by atoms with Crippen molar-refractivity contribution in [2.75, 3.05) is 5.32 Å². The second kappa shape index (κ2) is 8.28. The summed E-state index contributed by atoms with van der Waals surface area (Å²) in [6.45, 7) is 0. The molecule has 4 aromatic rings. The van der Waals surface area contributed by atoms with Crippen LogP contribution in [-0.2, 0) is 12.6 Å². The van der Waals surface area contributed by atoms with Crippen molar-refractivity contribution in [1.82, 2.24) is 19.9 Å². The van der Waals surface area contributed by atoms with Crippen molar-refractivity contribution in [1.29, 1.82) is 0 Å². The average molecular weight is 447 g/mol. The Kier molecular flexibility index (Phi) is 5.55. The lowest BCUT2D eigenvalue weighted by molar-refractivity contribution is -0.137. The number of anilines is 1. The van der Waals surface area contributed by atoms with E-state index in [9.17, 15) is 18.0 Å². The van der Waals surface area contributed by atoms with Crippen molar-refractivity contribution in [3.05, 3.63) is 76.0 Å². The zero-order valence-electron chi connectivity index (χ0n) is 15.1. The molecule has 30 heavy (non-hydrogen) atoms. The van der Waals surface area contributed by atoms with E-state index in [1.165, 1.54) is 34.8 Å². The fraction of sp³-hybridized carbons (Fsp3) is 0.105. The number of carbonyl (C=O) groups excluding carboxylic acids is 1. The lowest BCUT2D eigenvalue weighted by Gasteiger charge is -2.06. The summed E-state index contributed by atoms with van der Waals surface area (Å²) < 4.78 is 37.9. The van der Waals surface area contributed by atoms with Crippen molar-refractivity contribution in [2.45, 2.75) is 12.6 Å². The fourth-order valence-corrected chi connectivity index (χ4v) is 4.10. The summed E-state index contributed by atoms with van der Waals surface area (Å²) in [7, 11) is 0. The second-order valence-corrected chi connectivity index (χ2v) is 8.04. The Morgan fingerprint density at radius 3 is 2.50 bits per heavy atom. The van der Waals surface area contributed by atoms with Crippen molar-refractivity contribution in [2.24, 2.45) is 0 Å². The Bertz CT molecular complexity index is 1160. The van der Waals surface area contributed by atoms with Crippen molar-refractivity contribution >= 4 is 33.7 Å². The highest BCUT2D eigenvalue weighted by Crippen LogP contribution is 2.30. The van der Waals surface area contributed by atoms with Gasteiger partial charge in [0, 0.05) is 35.3 Å². The quantitative estimate of drug-likeness (QED) is 0.470. The van der Waals surface area contributed by atoms with Gasteiger partial charge in [0.25, 0.3) is 5.91 Å². The first-order chi connectivity index (χ1) is 14.4. The van der Waals surface area contributed by atoms with Crippen molar-refractivity contribution in [3.8, 4) is 10.8 Å². The summed E-state index contributed by atoms with van der Waals surface area (Å²) in [5.41, 5.74) is 0.255. The molecule has 6 nitrogen and oxygen atoms in total. The minimum absolute atomic E-state index is 0.224. The third kappa shape index (κ3) is 4.69. The summed E-state index contributed by atoms with van der Waals surface area (Å²) in [5.74, 6) is 0.0264. The molecule has 1 N–H and O–H groups in total. The lowest BCUT2D eigenvalue weighted by atomic mass is 10.1. The van der Waals surface area contributed by atoms with Crippen LogP contribution in [0.4, 0.5) is 18.3 Å². The van der Waals surface area contributed by atoms with Gasteiger partial charge in [0.2, 0.25) is 0 Å². The summed E-state index contributed by atoms with van der Waals surface area (Å²) in [6.07, 6.45) is 0.831. The van der Waals surface area contributed by atoms with Crippen LogP contribution < -0.4 is 5.32 Å². The van der Waals surface area contributed by atoms with E-state index in [0.717, 1.165) is 22.6 Å². The Labute approximate surface area is 176 Å². The predicted octanol–water partition coefficient (Wildman–Crippen LogP) is 4.92. The van der Waals surface area contributed by atoms with Crippen LogP contribution >= 0.6 is 22.7 Å². The van der Waals surface area contributed by atoms with Crippen molar-refractivity contribution in [3.63, 3.8) is 0 Å². The number of amides is 1. The smallest absolute Gasteiger partial charge is 0.296 e. The van der Waals surface area contributed by atoms with Crippen LogP contribution in [0.25, 0.3) is 10.8 Å². The Morgan fingerprint density at radius 1 is 1.07 bits per heavy atom. The van der Waals surface area contributed by atoms with Gasteiger partial charge in [-0.3, -0.25) is 10.1 Å². The predicted molar refractivity (Wildman–Crippen MR) is 107 cm³/mol. The topological polar surface area (TPSA) is 80.7 Å². The number of nitrogens with one attached hydrogen (secondary N) is 1. The maximum absolute atomic E-state index is 12.6. The first kappa shape index (κ1) is 20.1. The molecule has 1 amide bonds. The van der Waals surface area contributed by atoms with Gasteiger partial charge in [-0.15, -0.1) is 22.7 Å². The van der Waals surface area contributed by atoms with E-state index in [0.29, 0.717) is 22.4 Å². The van der Waals surface area contributed by atoms with Crippen LogP contribution in [-0.4, -0.2) is 25.8 Å². The largest absolute Gasteiger partial charge is 0.416 e. The standard InChI is InChI=1S/C19H12F3N5OS2/c20-19(21,22)12-4-2-11(3-5-12)8-13-9-25-18(30-13)27-16(28)14-10-29-17(26-14)15-23-6-1-7-24-15/h1-7,9-10H,8H2,(H,25,27,28). The number of aromatic nitrogens is 4. The van der Waals surface area contributed by atoms with Crippen LogP contribution in [0.3, 0.4) is 0 Å². The average Bonchev–Trinajstić information content (AvgIpc) is 3.38. The molecule has 0 fully saturated rings. The molecular formula is C19H12F3N5OS2. The molecule has 0 atom stereocenters. The van der Waals surface area contributed by atoms with E-state index in [1.807, 2.05) is 0 Å². The fourth-order valence-electron chi connectivity index (χ4n) is 2.51. The Hall–Kier alpha value is -3.18. The first-order valence-corrected chi connectivity index (χ1v) is 10.2. The number of halogens is 3. The second-order valence-electron chi connectivity index (χ2n) is 6.07. The van der Waals surface area contributed by atoms with Gasteiger partial charge in [0.05, 0.1) is 5.56 Å². The van der Waals surface area contributed by atoms with Crippen molar-refractivity contribution < 1.29 is 18.0 Å². The van der Waals surface area contributed by atoms with E-state index < -0.39 is 17.6 Å². The highest BCUT2D eigenvalue weighted by molar-refractivity contribution is 7.15. The Morgan fingerprint density at radius 2 is 1.80 bits per heavy atom. The number of benzene rings is 1. The summed E-state index contributed by atoms with van der Waals surface area (Å²) in [5, 5.41) is 5.20. The maximum Gasteiger partial charge on any atom is 0.416 e. The molecule has 0 aliphatic carbocycles. The molecular weight excluding hydrogens is 435 g/mol. The normalized spacial score (nSPS) is 11.4. The molecule has 4 rings (SSSR count). The van der Waals surface area contributed by atoms with Gasteiger partial charge in [-0.25, -0.2) is 19.9 Å². The number of hydrogen-bond donors (Lipinski definition) is 1. The van der Waals surface area contributed by atoms with Crippen LogP contribution in [0.1, 0.15) is 26.5 Å². The van der Waals surface area contributed by atoms with Gasteiger partial charge in [-0.2, -0.15) is 13.2 Å². The molecule has 0 aliphatic heterocycles. The van der Waals surface area contributed by atoms with Gasteiger partial charge in [-0.05, 0) is 23.8 Å². The lowest BCUT2D eigenvalue weighted by Crippen LogP contribution is -2.12. The zero-order chi connectivity index (χ0) is 21.1. The van der Waals surface area contributed by atoms with Crippen LogP contribution in [0, 0.1) is 0 Å². The molecule has 3 aromatic heterocycles. The molecule has 1 aromatic carbocycles. The number of hydrogen-bond acceptors (Lipinski definition) is 7. The number of carbonyl (C=O) groups is 1. The third-order valence-corrected chi connectivity index (χ3v) is 5.68. The Balaban J connectivity index is 1.40. The third-order valence-electron chi connectivity index (χ3n) is 3.93. The maximum atomic E-state index is 12.6. The SMILES string of the molecule is O=C(Nc1ncc(Cc2ccc(C(F)(F)F)cc2)s1)c1csc(-c2ncccn2)n1. The first-order valence-electron chi connectivity index (χ1n) is 8.53. The molecule has 0 radical (unpaired) electrons. The number of rotatable bonds is 5. The van der Waals surface area contributed by atoms with E-state index in [4.69, 9.17) is 0 Å². The van der Waals surface area contributed by atoms with Gasteiger partial charge >= 0.3 is 6.18 Å². The van der Waals surface area contributed by atoms with Gasteiger partial charge < -0.3 is 0 Å². The molecule has 0 saturated carbocycles. The summed E-state index contributed by atoms with van der Waals surface area (Å²) in [4.78, 5) is 29.8. The minimum Gasteiger partial charge on any atom is -0.296 e. The van der Waals surface area contributed by atoms with Crippen LogP contribution in [0.5, 0.6) is 0 Å². The monoisotopic (exact) mass is 447 g/mol. The van der Waals surface area contributed by atoms with Gasteiger partial charge in [0.15, 0.2) is 16.0 Å². The zero-order valence-corrected chi connectivity index (χ0v) is 16.7. The molecule has 152 valence electrons. The molecule has 0 aliphatic rings. The van der Waals surface area contributed by atoms with E-state index in [-0.39, 0.29) is 5.69 Å². The van der Waals surface area contributed by atoms with E-state index in [2.05, 4.69) is 25.3 Å². The molecule has 0 unspecified atom stereocenters. The van der Waals surface area contributed by atoms with E-state index >= 15 is 0 Å². The number of nitrogens with zero attached hydrogens (tertiary/aromatic N) is 4.